The monoisotopic (exact) mass is 572 g/mol. The summed E-state index contributed by atoms with van der Waals surface area (Å²) in [5.74, 6) is 21.7. The first-order valence-corrected chi connectivity index (χ1v) is 15.8. The van der Waals surface area contributed by atoms with Crippen LogP contribution in [0.25, 0.3) is 0 Å². The van der Waals surface area contributed by atoms with Crippen molar-refractivity contribution in [2.24, 2.45) is 17.3 Å². The average molecular weight is 573 g/mol. The van der Waals surface area contributed by atoms with Crippen molar-refractivity contribution in [2.75, 3.05) is 0 Å². The average Bonchev–Trinajstić information content (AvgIpc) is 3.33. The van der Waals surface area contributed by atoms with Crippen molar-refractivity contribution in [3.8, 4) is 41.3 Å². The summed E-state index contributed by atoms with van der Waals surface area (Å²) in [7, 11) is 0. The van der Waals surface area contributed by atoms with Crippen LogP contribution in [0.3, 0.4) is 0 Å². The van der Waals surface area contributed by atoms with Crippen LogP contribution >= 0.6 is 0 Å². The van der Waals surface area contributed by atoms with Crippen molar-refractivity contribution in [1.29, 1.82) is 0 Å². The van der Waals surface area contributed by atoms with Gasteiger partial charge in [-0.05, 0) is 122 Å². The Morgan fingerprint density at radius 2 is 1.34 bits per heavy atom. The quantitative estimate of drug-likeness (QED) is 0.211. The summed E-state index contributed by atoms with van der Waals surface area (Å²) in [6, 6.07) is 31.9. The second kappa shape index (κ2) is 11.4. The normalized spacial score (nSPS) is 26.3. The Kier molecular flexibility index (Phi) is 7.31. The molecule has 44 heavy (non-hydrogen) atoms. The van der Waals surface area contributed by atoms with Crippen LogP contribution in [0.5, 0.6) is 5.75 Å². The first kappa shape index (κ1) is 28.1. The zero-order valence-corrected chi connectivity index (χ0v) is 25.1. The van der Waals surface area contributed by atoms with Crippen LogP contribution < -0.4 is 0 Å². The van der Waals surface area contributed by atoms with E-state index in [1.165, 1.54) is 11.1 Å². The van der Waals surface area contributed by atoms with Crippen molar-refractivity contribution >= 4 is 0 Å². The predicted octanol–water partition coefficient (Wildman–Crippen LogP) is 7.83. The summed E-state index contributed by atoms with van der Waals surface area (Å²) >= 11 is 0. The summed E-state index contributed by atoms with van der Waals surface area (Å²) in [4.78, 5) is 0. The van der Waals surface area contributed by atoms with Crippen LogP contribution in [0.4, 0.5) is 0 Å². The van der Waals surface area contributed by atoms with E-state index < -0.39 is 5.60 Å². The second-order valence-electron chi connectivity index (χ2n) is 12.9. The van der Waals surface area contributed by atoms with E-state index in [4.69, 9.17) is 0 Å². The lowest BCUT2D eigenvalue weighted by atomic mass is 9.53. The topological polar surface area (TPSA) is 40.5 Å². The SMILES string of the molecule is C[C@]12CCC3c4ccc(O)cc4CCC3C1CC[C@@]2(O)C#Cc1cccc(C#Cc2ccccc2C#Cc2ccccc2)c1. The Balaban J connectivity index is 1.11. The smallest absolute Gasteiger partial charge is 0.131 e. The fraction of sp³-hybridized carbons (Fsp3) is 0.286. The van der Waals surface area contributed by atoms with Crippen LogP contribution in [0.15, 0.2) is 97.1 Å². The number of fused-ring (bicyclic) bond motifs is 5. The maximum atomic E-state index is 12.1. The van der Waals surface area contributed by atoms with Crippen LogP contribution in [-0.4, -0.2) is 15.8 Å². The first-order valence-electron chi connectivity index (χ1n) is 15.8. The molecule has 2 heteroatoms. The van der Waals surface area contributed by atoms with Gasteiger partial charge in [-0.1, -0.05) is 84.9 Å². The van der Waals surface area contributed by atoms with Crippen molar-refractivity contribution in [3.63, 3.8) is 0 Å². The maximum Gasteiger partial charge on any atom is 0.131 e. The van der Waals surface area contributed by atoms with Gasteiger partial charge in [0, 0.05) is 33.2 Å². The molecule has 0 spiro atoms. The lowest BCUT2D eigenvalue weighted by Gasteiger charge is -2.52. The van der Waals surface area contributed by atoms with Gasteiger partial charge in [0.05, 0.1) is 0 Å². The van der Waals surface area contributed by atoms with Gasteiger partial charge >= 0.3 is 0 Å². The van der Waals surface area contributed by atoms with E-state index in [0.29, 0.717) is 29.9 Å². The van der Waals surface area contributed by atoms with Gasteiger partial charge < -0.3 is 10.2 Å². The lowest BCUT2D eigenvalue weighted by Crippen LogP contribution is -2.50. The van der Waals surface area contributed by atoms with E-state index in [1.807, 2.05) is 91.0 Å². The number of hydrogen-bond acceptors (Lipinski definition) is 2. The molecule has 2 saturated carbocycles. The Labute approximate surface area is 261 Å². The molecule has 0 aliphatic heterocycles. The maximum absolute atomic E-state index is 12.1. The van der Waals surface area contributed by atoms with Crippen LogP contribution in [-0.2, 0) is 6.42 Å². The Hall–Kier alpha value is -4.68. The number of aryl methyl sites for hydroxylation is 1. The minimum absolute atomic E-state index is 0.225. The van der Waals surface area contributed by atoms with E-state index >= 15 is 0 Å². The highest BCUT2D eigenvalue weighted by Gasteiger charge is 2.61. The van der Waals surface area contributed by atoms with Gasteiger partial charge in [-0.2, -0.15) is 0 Å². The minimum Gasteiger partial charge on any atom is -0.508 e. The van der Waals surface area contributed by atoms with Crippen molar-refractivity contribution in [3.05, 3.63) is 136 Å². The van der Waals surface area contributed by atoms with Crippen molar-refractivity contribution in [2.45, 2.75) is 57.0 Å². The highest BCUT2D eigenvalue weighted by Crippen LogP contribution is 2.64. The molecule has 216 valence electrons. The third-order valence-electron chi connectivity index (χ3n) is 10.5. The first-order chi connectivity index (χ1) is 21.4. The van der Waals surface area contributed by atoms with Gasteiger partial charge in [-0.25, -0.2) is 0 Å². The number of hydrogen-bond donors (Lipinski definition) is 2. The molecule has 4 aromatic carbocycles. The number of phenols is 1. The van der Waals surface area contributed by atoms with E-state index in [1.54, 1.807) is 0 Å². The molecule has 2 N–H and O–H groups in total. The third-order valence-corrected chi connectivity index (χ3v) is 10.5. The Bertz CT molecular complexity index is 1900. The number of rotatable bonds is 0. The highest BCUT2D eigenvalue weighted by atomic mass is 16.3. The summed E-state index contributed by atoms with van der Waals surface area (Å²) < 4.78 is 0. The molecule has 7 rings (SSSR count). The van der Waals surface area contributed by atoms with Crippen molar-refractivity contribution < 1.29 is 10.2 Å². The van der Waals surface area contributed by atoms with E-state index in [9.17, 15) is 10.2 Å². The molecule has 0 radical (unpaired) electrons. The fourth-order valence-electron chi connectivity index (χ4n) is 8.14. The van der Waals surface area contributed by atoms with Crippen LogP contribution in [0.2, 0.25) is 0 Å². The predicted molar refractivity (Wildman–Crippen MR) is 176 cm³/mol. The minimum atomic E-state index is -1.00. The molecule has 2 fully saturated rings. The number of aliphatic hydroxyl groups is 1. The highest BCUT2D eigenvalue weighted by molar-refractivity contribution is 5.55. The molecular weight excluding hydrogens is 536 g/mol. The zero-order valence-electron chi connectivity index (χ0n) is 25.1. The van der Waals surface area contributed by atoms with Crippen LogP contribution in [0.1, 0.15) is 83.9 Å². The van der Waals surface area contributed by atoms with E-state index in [2.05, 4.69) is 48.5 Å². The molecule has 5 atom stereocenters. The largest absolute Gasteiger partial charge is 0.508 e. The third kappa shape index (κ3) is 5.20. The molecular formula is C42H36O2. The molecule has 0 amide bonds. The number of benzene rings is 4. The standard InChI is InChI=1S/C42H36O2/c1-41-25-23-38-37-21-19-36(43)29-35(37)18-20-39(38)40(41)24-27-42(41,44)26-22-32-11-7-10-31(28-32)15-17-34-13-6-5-12-33(34)16-14-30-8-3-2-4-9-30/h2-13,19,21,28-29,38-40,43-44H,18,20,23-25,27H2,1H3/t38?,39?,40?,41-,42-/m0/s1. The van der Waals surface area contributed by atoms with E-state index in [-0.39, 0.29) is 5.41 Å². The van der Waals surface area contributed by atoms with Crippen LogP contribution in [0, 0.1) is 52.8 Å². The number of aromatic hydroxyl groups is 1. The Morgan fingerprint density at radius 1 is 0.659 bits per heavy atom. The zero-order chi connectivity index (χ0) is 30.1. The fourth-order valence-corrected chi connectivity index (χ4v) is 8.14. The molecule has 0 saturated heterocycles. The molecule has 3 aliphatic carbocycles. The van der Waals surface area contributed by atoms with Gasteiger partial charge in [0.25, 0.3) is 0 Å². The summed E-state index contributed by atoms with van der Waals surface area (Å²) in [5, 5.41) is 22.1. The molecule has 0 heterocycles. The van der Waals surface area contributed by atoms with Gasteiger partial charge in [0.2, 0.25) is 0 Å². The van der Waals surface area contributed by atoms with Gasteiger partial charge in [0.1, 0.15) is 11.4 Å². The molecule has 4 aromatic rings. The summed E-state index contributed by atoms with van der Waals surface area (Å²) in [6.45, 7) is 2.28. The lowest BCUT2D eigenvalue weighted by molar-refractivity contribution is -0.0647. The van der Waals surface area contributed by atoms with Crippen molar-refractivity contribution in [1.82, 2.24) is 0 Å². The summed E-state index contributed by atoms with van der Waals surface area (Å²) in [5.41, 5.74) is 6.01. The Morgan fingerprint density at radius 3 is 2.11 bits per heavy atom. The second-order valence-corrected chi connectivity index (χ2v) is 12.9. The summed E-state index contributed by atoms with van der Waals surface area (Å²) in [6.07, 6.45) is 5.86. The molecule has 2 nitrogen and oxygen atoms in total. The molecule has 0 aromatic heterocycles. The number of phenolic OH excluding ortho intramolecular Hbond substituents is 1. The molecule has 3 aliphatic rings. The molecule has 0 bridgehead atoms. The van der Waals surface area contributed by atoms with Gasteiger partial charge in [-0.15, -0.1) is 0 Å². The van der Waals surface area contributed by atoms with E-state index in [0.717, 1.165) is 59.9 Å². The molecule has 3 unspecified atom stereocenters. The van der Waals surface area contributed by atoms with Gasteiger partial charge in [-0.3, -0.25) is 0 Å². The van der Waals surface area contributed by atoms with Gasteiger partial charge in [0.15, 0.2) is 0 Å².